The van der Waals surface area contributed by atoms with E-state index >= 15 is 0 Å². The molecule has 4 atom stereocenters. The van der Waals surface area contributed by atoms with Crippen LogP contribution in [0.25, 0.3) is 0 Å². The van der Waals surface area contributed by atoms with Crippen molar-refractivity contribution in [1.29, 1.82) is 0 Å². The highest BCUT2D eigenvalue weighted by Gasteiger charge is 2.41. The molecule has 0 bridgehead atoms. The maximum Gasteiger partial charge on any atom is -0.0352 e. The summed E-state index contributed by atoms with van der Waals surface area (Å²) in [4.78, 5) is 0. The van der Waals surface area contributed by atoms with Gasteiger partial charge in [-0.1, -0.05) is 59.8 Å². The van der Waals surface area contributed by atoms with Gasteiger partial charge in [-0.3, -0.25) is 0 Å². The molecular weight excluding hydrogens is 168 g/mol. The van der Waals surface area contributed by atoms with E-state index in [1.165, 1.54) is 38.5 Å². The monoisotopic (exact) mass is 196 g/mol. The molecule has 0 spiro atoms. The maximum atomic E-state index is 2.39. The highest BCUT2D eigenvalue weighted by Crippen LogP contribution is 2.49. The van der Waals surface area contributed by atoms with Crippen LogP contribution in [0.5, 0.6) is 0 Å². The van der Waals surface area contributed by atoms with Crippen molar-refractivity contribution < 1.29 is 0 Å². The van der Waals surface area contributed by atoms with Crippen LogP contribution in [0.1, 0.15) is 66.2 Å². The van der Waals surface area contributed by atoms with Gasteiger partial charge in [-0.05, 0) is 30.1 Å². The molecule has 0 N–H and O–H groups in total. The van der Waals surface area contributed by atoms with E-state index in [4.69, 9.17) is 0 Å². The molecule has 0 radical (unpaired) electrons. The van der Waals surface area contributed by atoms with E-state index in [2.05, 4.69) is 27.7 Å². The Labute approximate surface area is 90.5 Å². The van der Waals surface area contributed by atoms with Crippen LogP contribution in [0.15, 0.2) is 0 Å². The second kappa shape index (κ2) is 5.78. The molecule has 0 aromatic carbocycles. The van der Waals surface area contributed by atoms with Gasteiger partial charge in [0.1, 0.15) is 0 Å². The molecule has 0 amide bonds. The number of hydrogen-bond acceptors (Lipinski definition) is 0. The second-order valence-electron chi connectivity index (χ2n) is 5.10. The standard InChI is InChI=1S/C14H28/c1-5-9-11(6-2)14-10-12(7-3)13(14)8-4/h11-14H,5-10H2,1-4H3. The quantitative estimate of drug-likeness (QED) is 0.567. The summed E-state index contributed by atoms with van der Waals surface area (Å²) in [6, 6.07) is 0. The number of hydrogen-bond donors (Lipinski definition) is 0. The molecule has 0 aliphatic heterocycles. The lowest BCUT2D eigenvalue weighted by molar-refractivity contribution is 0.0123. The van der Waals surface area contributed by atoms with Gasteiger partial charge in [0.25, 0.3) is 0 Å². The first-order valence-electron chi connectivity index (χ1n) is 6.78. The third kappa shape index (κ3) is 2.32. The number of rotatable bonds is 6. The summed E-state index contributed by atoms with van der Waals surface area (Å²) in [6.45, 7) is 9.47. The average Bonchev–Trinajstić information content (AvgIpc) is 2.16. The summed E-state index contributed by atoms with van der Waals surface area (Å²) < 4.78 is 0. The van der Waals surface area contributed by atoms with Crippen molar-refractivity contribution in [2.75, 3.05) is 0 Å². The minimum atomic E-state index is 1.03. The Morgan fingerprint density at radius 1 is 1.07 bits per heavy atom. The van der Waals surface area contributed by atoms with Crippen molar-refractivity contribution in [1.82, 2.24) is 0 Å². The predicted molar refractivity (Wildman–Crippen MR) is 64.4 cm³/mol. The van der Waals surface area contributed by atoms with Gasteiger partial charge >= 0.3 is 0 Å². The molecule has 0 aromatic heterocycles. The van der Waals surface area contributed by atoms with E-state index in [1.807, 2.05) is 0 Å². The van der Waals surface area contributed by atoms with Crippen molar-refractivity contribution in [3.63, 3.8) is 0 Å². The first-order chi connectivity index (χ1) is 6.78. The summed E-state index contributed by atoms with van der Waals surface area (Å²) in [6.07, 6.45) is 8.62. The van der Waals surface area contributed by atoms with Gasteiger partial charge in [0, 0.05) is 0 Å². The van der Waals surface area contributed by atoms with Crippen LogP contribution in [0.4, 0.5) is 0 Å². The van der Waals surface area contributed by atoms with E-state index in [0.717, 1.165) is 23.7 Å². The van der Waals surface area contributed by atoms with Crippen molar-refractivity contribution >= 4 is 0 Å². The maximum absolute atomic E-state index is 2.39. The summed E-state index contributed by atoms with van der Waals surface area (Å²) in [5.41, 5.74) is 0. The molecule has 84 valence electrons. The molecule has 1 aliphatic rings. The van der Waals surface area contributed by atoms with Crippen LogP contribution in [-0.2, 0) is 0 Å². The summed E-state index contributed by atoms with van der Waals surface area (Å²) >= 11 is 0. The van der Waals surface area contributed by atoms with Crippen LogP contribution in [0.3, 0.4) is 0 Å². The SMILES string of the molecule is CCCC(CC)C1CC(CC)C1CC. The molecule has 1 saturated carbocycles. The molecule has 0 nitrogen and oxygen atoms in total. The molecule has 4 unspecified atom stereocenters. The van der Waals surface area contributed by atoms with Gasteiger partial charge in [-0.2, -0.15) is 0 Å². The minimum absolute atomic E-state index is 1.03. The Morgan fingerprint density at radius 2 is 1.79 bits per heavy atom. The van der Waals surface area contributed by atoms with Gasteiger partial charge < -0.3 is 0 Å². The van der Waals surface area contributed by atoms with E-state index in [-0.39, 0.29) is 0 Å². The highest BCUT2D eigenvalue weighted by atomic mass is 14.5. The fourth-order valence-electron chi connectivity index (χ4n) is 3.59. The predicted octanol–water partition coefficient (Wildman–Crippen LogP) is 4.89. The van der Waals surface area contributed by atoms with Crippen LogP contribution in [0, 0.1) is 23.7 Å². The lowest BCUT2D eigenvalue weighted by atomic mass is 9.57. The zero-order valence-corrected chi connectivity index (χ0v) is 10.6. The minimum Gasteiger partial charge on any atom is -0.0654 e. The van der Waals surface area contributed by atoms with Crippen LogP contribution in [-0.4, -0.2) is 0 Å². The molecule has 1 aliphatic carbocycles. The summed E-state index contributed by atoms with van der Waals surface area (Å²) in [7, 11) is 0. The largest absolute Gasteiger partial charge is 0.0654 e. The molecule has 14 heavy (non-hydrogen) atoms. The molecule has 1 rings (SSSR count). The third-order valence-electron chi connectivity index (χ3n) is 4.52. The Hall–Kier alpha value is 0. The van der Waals surface area contributed by atoms with E-state index in [0.29, 0.717) is 0 Å². The smallest absolute Gasteiger partial charge is 0.0352 e. The topological polar surface area (TPSA) is 0 Å². The van der Waals surface area contributed by atoms with E-state index in [1.54, 1.807) is 0 Å². The lowest BCUT2D eigenvalue weighted by Crippen LogP contribution is -2.40. The van der Waals surface area contributed by atoms with Gasteiger partial charge in [0.05, 0.1) is 0 Å². The normalized spacial score (nSPS) is 33.9. The summed E-state index contributed by atoms with van der Waals surface area (Å²) in [5, 5.41) is 0. The second-order valence-corrected chi connectivity index (χ2v) is 5.10. The Kier molecular flexibility index (Phi) is 4.98. The van der Waals surface area contributed by atoms with Crippen LogP contribution < -0.4 is 0 Å². The van der Waals surface area contributed by atoms with Gasteiger partial charge in [0.2, 0.25) is 0 Å². The van der Waals surface area contributed by atoms with Gasteiger partial charge in [0.15, 0.2) is 0 Å². The Bertz CT molecular complexity index is 144. The third-order valence-corrected chi connectivity index (χ3v) is 4.52. The molecular formula is C14H28. The van der Waals surface area contributed by atoms with Crippen molar-refractivity contribution in [3.05, 3.63) is 0 Å². The first-order valence-corrected chi connectivity index (χ1v) is 6.78. The zero-order chi connectivity index (χ0) is 10.6. The van der Waals surface area contributed by atoms with Crippen molar-refractivity contribution in [2.24, 2.45) is 23.7 Å². The molecule has 0 heterocycles. The molecule has 0 aromatic rings. The molecule has 1 fully saturated rings. The lowest BCUT2D eigenvalue weighted by Gasteiger charge is -2.48. The van der Waals surface area contributed by atoms with Gasteiger partial charge in [-0.15, -0.1) is 0 Å². The van der Waals surface area contributed by atoms with E-state index in [9.17, 15) is 0 Å². The fraction of sp³-hybridized carbons (Fsp3) is 1.00. The fourth-order valence-corrected chi connectivity index (χ4v) is 3.59. The Balaban J connectivity index is 2.44. The first kappa shape index (κ1) is 12.1. The molecule has 0 heteroatoms. The van der Waals surface area contributed by atoms with Crippen LogP contribution in [0.2, 0.25) is 0 Å². The highest BCUT2D eigenvalue weighted by molar-refractivity contribution is 4.90. The average molecular weight is 196 g/mol. The van der Waals surface area contributed by atoms with Crippen LogP contribution >= 0.6 is 0 Å². The van der Waals surface area contributed by atoms with Crippen molar-refractivity contribution in [2.45, 2.75) is 66.2 Å². The van der Waals surface area contributed by atoms with Crippen molar-refractivity contribution in [3.8, 4) is 0 Å². The van der Waals surface area contributed by atoms with E-state index < -0.39 is 0 Å². The Morgan fingerprint density at radius 3 is 2.21 bits per heavy atom. The zero-order valence-electron chi connectivity index (χ0n) is 10.6. The van der Waals surface area contributed by atoms with Gasteiger partial charge in [-0.25, -0.2) is 0 Å². The molecule has 0 saturated heterocycles. The summed E-state index contributed by atoms with van der Waals surface area (Å²) in [5.74, 6) is 4.25.